The smallest absolute Gasteiger partial charge is 0.319 e. The van der Waals surface area contributed by atoms with Crippen LogP contribution in [0.4, 0.5) is 0 Å². The average molecular weight is 334 g/mol. The predicted octanol–water partition coefficient (Wildman–Crippen LogP) is 1.46. The molecule has 1 aromatic rings. The van der Waals surface area contributed by atoms with E-state index >= 15 is 0 Å². The minimum absolute atomic E-state index is 0.152. The summed E-state index contributed by atoms with van der Waals surface area (Å²) in [7, 11) is 1.40. The third kappa shape index (κ3) is 4.44. The Morgan fingerprint density at radius 1 is 1.62 bits per heavy atom. The molecule has 4 nitrogen and oxygen atoms in total. The van der Waals surface area contributed by atoms with Gasteiger partial charge in [-0.05, 0) is 18.1 Å². The number of methoxy groups -OCH3 is 1. The topological polar surface area (TPSA) is 51.2 Å². The number of halogens is 1. The van der Waals surface area contributed by atoms with Gasteiger partial charge in [-0.2, -0.15) is 0 Å². The highest BCUT2D eigenvalue weighted by molar-refractivity contribution is 14.1. The highest BCUT2D eigenvalue weighted by atomic mass is 127. The average Bonchev–Trinajstić information content (AvgIpc) is 2.28. The maximum absolute atomic E-state index is 11.1. The van der Waals surface area contributed by atoms with Gasteiger partial charge >= 0.3 is 5.97 Å². The zero-order valence-electron chi connectivity index (χ0n) is 9.37. The monoisotopic (exact) mass is 334 g/mol. The summed E-state index contributed by atoms with van der Waals surface area (Å²) in [5, 5.41) is 3.20. The summed E-state index contributed by atoms with van der Waals surface area (Å²) in [6.45, 7) is 3.32. The van der Waals surface area contributed by atoms with Gasteiger partial charge in [0, 0.05) is 25.5 Å². The number of aromatic nitrogens is 1. The fraction of sp³-hybridized carbons (Fsp3) is 0.455. The normalized spacial score (nSPS) is 12.2. The molecule has 0 radical (unpaired) electrons. The van der Waals surface area contributed by atoms with Crippen molar-refractivity contribution in [2.75, 3.05) is 13.7 Å². The van der Waals surface area contributed by atoms with Crippen LogP contribution in [-0.2, 0) is 16.1 Å². The molecule has 0 aromatic carbocycles. The van der Waals surface area contributed by atoms with Crippen LogP contribution < -0.4 is 5.32 Å². The van der Waals surface area contributed by atoms with E-state index in [0.717, 1.165) is 11.1 Å². The molecule has 0 aliphatic carbocycles. The van der Waals surface area contributed by atoms with Crippen molar-refractivity contribution in [3.8, 4) is 0 Å². The minimum Gasteiger partial charge on any atom is -0.468 e. The molecule has 1 aromatic heterocycles. The number of ether oxygens (including phenoxy) is 1. The molecule has 0 aliphatic rings. The number of nitrogens with zero attached hydrogens (tertiary/aromatic N) is 1. The summed E-state index contributed by atoms with van der Waals surface area (Å²) < 4.78 is 4.48. The maximum atomic E-state index is 11.1. The van der Waals surface area contributed by atoms with Gasteiger partial charge in [-0.15, -0.1) is 0 Å². The third-order valence-electron chi connectivity index (χ3n) is 2.04. The van der Waals surface area contributed by atoms with Crippen LogP contribution in [0.1, 0.15) is 11.1 Å². The van der Waals surface area contributed by atoms with Crippen LogP contribution in [-0.4, -0.2) is 28.5 Å². The summed E-state index contributed by atoms with van der Waals surface area (Å²) in [6.07, 6.45) is 3.64. The van der Waals surface area contributed by atoms with Gasteiger partial charge in [0.05, 0.1) is 7.11 Å². The van der Waals surface area contributed by atoms with E-state index in [9.17, 15) is 4.79 Å². The molecule has 1 rings (SSSR count). The van der Waals surface area contributed by atoms with Crippen molar-refractivity contribution < 1.29 is 9.53 Å². The number of alkyl halides is 1. The van der Waals surface area contributed by atoms with Crippen molar-refractivity contribution in [3.63, 3.8) is 0 Å². The summed E-state index contributed by atoms with van der Waals surface area (Å²) in [4.78, 5) is 15.2. The Hall–Kier alpha value is -0.690. The van der Waals surface area contributed by atoms with E-state index in [1.165, 1.54) is 7.11 Å². The predicted molar refractivity (Wildman–Crippen MR) is 70.5 cm³/mol. The molecule has 88 valence electrons. The van der Waals surface area contributed by atoms with Crippen molar-refractivity contribution in [1.82, 2.24) is 10.3 Å². The fourth-order valence-electron chi connectivity index (χ4n) is 1.27. The molecule has 1 N–H and O–H groups in total. The van der Waals surface area contributed by atoms with Crippen molar-refractivity contribution >= 4 is 28.6 Å². The quantitative estimate of drug-likeness (QED) is 0.503. The molecule has 1 unspecified atom stereocenters. The Bertz CT molecular complexity index is 358. The number of hydrogen-bond donors (Lipinski definition) is 1. The third-order valence-corrected chi connectivity index (χ3v) is 2.99. The highest BCUT2D eigenvalue weighted by Gasteiger charge is 2.13. The van der Waals surface area contributed by atoms with Crippen LogP contribution in [0.2, 0.25) is 0 Å². The number of pyridine rings is 1. The standard InChI is InChI=1S/C11H15IN2O2/c1-8-3-9(5-13-4-8)6-14-7-10(12)11(15)16-2/h3-5,10,14H,6-7H2,1-2H3. The molecule has 0 fully saturated rings. The lowest BCUT2D eigenvalue weighted by atomic mass is 10.2. The molecule has 1 heterocycles. The first-order valence-corrected chi connectivity index (χ1v) is 6.21. The maximum Gasteiger partial charge on any atom is 0.319 e. The molecule has 1 atom stereocenters. The Morgan fingerprint density at radius 2 is 2.38 bits per heavy atom. The lowest BCUT2D eigenvalue weighted by Gasteiger charge is -2.09. The van der Waals surface area contributed by atoms with E-state index < -0.39 is 0 Å². The molecule has 0 bridgehead atoms. The largest absolute Gasteiger partial charge is 0.468 e. The van der Waals surface area contributed by atoms with Gasteiger partial charge in [0.2, 0.25) is 0 Å². The molecule has 16 heavy (non-hydrogen) atoms. The van der Waals surface area contributed by atoms with Crippen LogP contribution in [0.5, 0.6) is 0 Å². The van der Waals surface area contributed by atoms with Crippen molar-refractivity contribution in [1.29, 1.82) is 0 Å². The summed E-state index contributed by atoms with van der Waals surface area (Å²) in [5.41, 5.74) is 2.26. The second-order valence-corrected chi connectivity index (χ2v) is 5.00. The van der Waals surface area contributed by atoms with Gasteiger partial charge in [-0.3, -0.25) is 9.78 Å². The zero-order chi connectivity index (χ0) is 12.0. The lowest BCUT2D eigenvalue weighted by Crippen LogP contribution is -2.29. The van der Waals surface area contributed by atoms with E-state index in [0.29, 0.717) is 13.1 Å². The zero-order valence-corrected chi connectivity index (χ0v) is 11.5. The lowest BCUT2D eigenvalue weighted by molar-refractivity contribution is -0.139. The molecule has 0 amide bonds. The van der Waals surface area contributed by atoms with Gasteiger partial charge < -0.3 is 10.1 Å². The van der Waals surface area contributed by atoms with E-state index in [2.05, 4.69) is 43.7 Å². The Kier molecular flexibility index (Phi) is 5.68. The van der Waals surface area contributed by atoms with Crippen molar-refractivity contribution in [3.05, 3.63) is 29.6 Å². The van der Waals surface area contributed by atoms with Crippen molar-refractivity contribution in [2.24, 2.45) is 0 Å². The Morgan fingerprint density at radius 3 is 3.00 bits per heavy atom. The van der Waals surface area contributed by atoms with Gasteiger partial charge in [-0.25, -0.2) is 0 Å². The number of nitrogens with one attached hydrogen (secondary N) is 1. The van der Waals surface area contributed by atoms with Gasteiger partial charge in [0.15, 0.2) is 0 Å². The van der Waals surface area contributed by atoms with E-state index in [4.69, 9.17) is 0 Å². The molecule has 5 heteroatoms. The molecule has 0 saturated carbocycles. The second kappa shape index (κ2) is 6.80. The summed E-state index contributed by atoms with van der Waals surface area (Å²) >= 11 is 2.06. The number of carbonyl (C=O) groups is 1. The van der Waals surface area contributed by atoms with Crippen LogP contribution in [0.3, 0.4) is 0 Å². The summed E-state index contributed by atoms with van der Waals surface area (Å²) in [5.74, 6) is -0.199. The Balaban J connectivity index is 2.33. The number of rotatable bonds is 5. The molecular formula is C11H15IN2O2. The Labute approximate surface area is 109 Å². The van der Waals surface area contributed by atoms with Gasteiger partial charge in [0.25, 0.3) is 0 Å². The summed E-state index contributed by atoms with van der Waals surface area (Å²) in [6, 6.07) is 2.07. The van der Waals surface area contributed by atoms with E-state index in [1.54, 1.807) is 0 Å². The molecule has 0 spiro atoms. The van der Waals surface area contributed by atoms with Crippen LogP contribution in [0.15, 0.2) is 18.5 Å². The second-order valence-electron chi connectivity index (χ2n) is 3.49. The number of esters is 1. The first-order valence-electron chi connectivity index (χ1n) is 4.96. The SMILES string of the molecule is COC(=O)C(I)CNCc1cncc(C)c1. The van der Waals surface area contributed by atoms with Gasteiger partial charge in [0.1, 0.15) is 3.92 Å². The van der Waals surface area contributed by atoms with E-state index in [1.807, 2.05) is 19.3 Å². The highest BCUT2D eigenvalue weighted by Crippen LogP contribution is 2.03. The van der Waals surface area contributed by atoms with Crippen LogP contribution >= 0.6 is 22.6 Å². The first-order chi connectivity index (χ1) is 7.63. The number of carbonyl (C=O) groups excluding carboxylic acids is 1. The molecular weight excluding hydrogens is 319 g/mol. The number of aryl methyl sites for hydroxylation is 1. The minimum atomic E-state index is -0.199. The molecule has 0 aliphatic heterocycles. The van der Waals surface area contributed by atoms with Crippen LogP contribution in [0, 0.1) is 6.92 Å². The van der Waals surface area contributed by atoms with Crippen molar-refractivity contribution in [2.45, 2.75) is 17.4 Å². The molecule has 0 saturated heterocycles. The van der Waals surface area contributed by atoms with Gasteiger partial charge in [-0.1, -0.05) is 28.7 Å². The number of hydrogen-bond acceptors (Lipinski definition) is 4. The first kappa shape index (κ1) is 13.4. The van der Waals surface area contributed by atoms with E-state index in [-0.39, 0.29) is 9.89 Å². The van der Waals surface area contributed by atoms with Crippen LogP contribution in [0.25, 0.3) is 0 Å². The fourth-order valence-corrected chi connectivity index (χ4v) is 1.83.